The van der Waals surface area contributed by atoms with Crippen LogP contribution in [0.25, 0.3) is 0 Å². The third kappa shape index (κ3) is 2.47. The smallest absolute Gasteiger partial charge is 0.143 e. The molecule has 0 spiro atoms. The molecule has 4 heteroatoms. The summed E-state index contributed by atoms with van der Waals surface area (Å²) >= 11 is 3.67. The van der Waals surface area contributed by atoms with E-state index in [1.165, 1.54) is 38.6 Å². The first kappa shape index (κ1) is 13.2. The molecule has 0 radical (unpaired) electrons. The van der Waals surface area contributed by atoms with Gasteiger partial charge in [0.1, 0.15) is 5.82 Å². The van der Waals surface area contributed by atoms with Crippen LogP contribution in [0.5, 0.6) is 0 Å². The molecule has 104 valence electrons. The lowest BCUT2D eigenvalue weighted by Gasteiger charge is -2.42. The van der Waals surface area contributed by atoms with Gasteiger partial charge in [-0.05, 0) is 53.1 Å². The van der Waals surface area contributed by atoms with E-state index in [9.17, 15) is 0 Å². The fourth-order valence-electron chi connectivity index (χ4n) is 3.59. The Morgan fingerprint density at radius 1 is 1.26 bits per heavy atom. The van der Waals surface area contributed by atoms with Crippen LogP contribution in [-0.4, -0.2) is 18.1 Å². The van der Waals surface area contributed by atoms with E-state index >= 15 is 0 Å². The maximum Gasteiger partial charge on any atom is 0.143 e. The average Bonchev–Trinajstić information content (AvgIpc) is 2.44. The van der Waals surface area contributed by atoms with Gasteiger partial charge in [-0.3, -0.25) is 0 Å². The summed E-state index contributed by atoms with van der Waals surface area (Å²) in [6.45, 7) is 4.35. The molecule has 1 aliphatic heterocycles. The van der Waals surface area contributed by atoms with Crippen LogP contribution >= 0.6 is 15.9 Å². The number of nitrogen functional groups attached to an aromatic ring is 1. The fourth-order valence-corrected chi connectivity index (χ4v) is 4.17. The summed E-state index contributed by atoms with van der Waals surface area (Å²) in [5.74, 6) is 2.91. The lowest BCUT2D eigenvalue weighted by molar-refractivity contribution is 0.202. The first-order valence-electron chi connectivity index (χ1n) is 7.32. The van der Waals surface area contributed by atoms with Gasteiger partial charge in [0.25, 0.3) is 0 Å². The first-order valence-corrected chi connectivity index (χ1v) is 8.11. The van der Waals surface area contributed by atoms with Crippen LogP contribution in [0.15, 0.2) is 10.7 Å². The second kappa shape index (κ2) is 5.31. The van der Waals surface area contributed by atoms with Gasteiger partial charge in [-0.2, -0.15) is 0 Å². The van der Waals surface area contributed by atoms with Crippen molar-refractivity contribution in [3.05, 3.63) is 16.2 Å². The van der Waals surface area contributed by atoms with E-state index < -0.39 is 0 Å². The van der Waals surface area contributed by atoms with Gasteiger partial charge in [-0.25, -0.2) is 4.98 Å². The van der Waals surface area contributed by atoms with E-state index in [0.717, 1.165) is 39.9 Å². The molecule has 0 amide bonds. The van der Waals surface area contributed by atoms with E-state index in [1.807, 2.05) is 0 Å². The van der Waals surface area contributed by atoms with E-state index in [-0.39, 0.29) is 0 Å². The van der Waals surface area contributed by atoms with E-state index in [0.29, 0.717) is 0 Å². The number of hydrogen-bond acceptors (Lipinski definition) is 3. The summed E-state index contributed by atoms with van der Waals surface area (Å²) in [6.07, 6.45) is 8.79. The minimum atomic E-state index is 0.767. The predicted molar refractivity (Wildman–Crippen MR) is 83.4 cm³/mol. The zero-order chi connectivity index (χ0) is 13.4. The van der Waals surface area contributed by atoms with Crippen molar-refractivity contribution in [1.29, 1.82) is 0 Å². The number of nitrogens with two attached hydrogens (primary N) is 1. The summed E-state index contributed by atoms with van der Waals surface area (Å²) in [6, 6.07) is 0. The highest BCUT2D eigenvalue weighted by molar-refractivity contribution is 9.10. The Bertz CT molecular complexity index is 475. The average molecular weight is 324 g/mol. The van der Waals surface area contributed by atoms with Crippen molar-refractivity contribution in [2.45, 2.75) is 39.0 Å². The van der Waals surface area contributed by atoms with Gasteiger partial charge in [-0.1, -0.05) is 19.3 Å². The maximum absolute atomic E-state index is 5.91. The Hall–Kier alpha value is -0.770. The van der Waals surface area contributed by atoms with Crippen molar-refractivity contribution < 1.29 is 0 Å². The van der Waals surface area contributed by atoms with Gasteiger partial charge in [0, 0.05) is 13.1 Å². The molecule has 0 bridgehead atoms. The van der Waals surface area contributed by atoms with Gasteiger partial charge in [0.2, 0.25) is 0 Å². The van der Waals surface area contributed by atoms with E-state index in [1.54, 1.807) is 6.20 Å². The van der Waals surface area contributed by atoms with Crippen LogP contribution in [0.4, 0.5) is 11.5 Å². The molecule has 2 fully saturated rings. The molecule has 1 aromatic rings. The van der Waals surface area contributed by atoms with Gasteiger partial charge in [-0.15, -0.1) is 0 Å². The second-order valence-electron chi connectivity index (χ2n) is 6.02. The Morgan fingerprint density at radius 2 is 2.00 bits per heavy atom. The van der Waals surface area contributed by atoms with Crippen molar-refractivity contribution in [2.75, 3.05) is 23.7 Å². The Morgan fingerprint density at radius 3 is 2.79 bits per heavy atom. The standard InChI is InChI=1S/C15H22BrN3/c1-10-13(17)8-18-15(14(10)16)19-7-6-11-4-2-3-5-12(11)9-19/h8,11-12H,2-7,9,17H2,1H3. The molecule has 0 aromatic carbocycles. The highest BCUT2D eigenvalue weighted by Gasteiger charge is 2.32. The molecular formula is C15H22BrN3. The molecule has 2 unspecified atom stereocenters. The maximum atomic E-state index is 5.91. The topological polar surface area (TPSA) is 42.1 Å². The molecule has 1 saturated heterocycles. The third-order valence-corrected chi connectivity index (χ3v) is 5.82. The van der Waals surface area contributed by atoms with Crippen LogP contribution in [0, 0.1) is 18.8 Å². The number of hydrogen-bond donors (Lipinski definition) is 1. The summed E-state index contributed by atoms with van der Waals surface area (Å²) < 4.78 is 1.07. The summed E-state index contributed by atoms with van der Waals surface area (Å²) in [5.41, 5.74) is 7.79. The molecule has 3 rings (SSSR count). The van der Waals surface area contributed by atoms with Crippen molar-refractivity contribution >= 4 is 27.4 Å². The molecular weight excluding hydrogens is 302 g/mol. The van der Waals surface area contributed by atoms with Crippen LogP contribution in [-0.2, 0) is 0 Å². The number of anilines is 2. The van der Waals surface area contributed by atoms with Gasteiger partial charge in [0.05, 0.1) is 16.4 Å². The van der Waals surface area contributed by atoms with Crippen LogP contribution in [0.1, 0.15) is 37.7 Å². The van der Waals surface area contributed by atoms with Crippen LogP contribution < -0.4 is 10.6 Å². The number of halogens is 1. The number of fused-ring (bicyclic) bond motifs is 1. The van der Waals surface area contributed by atoms with Crippen molar-refractivity contribution in [1.82, 2.24) is 4.98 Å². The zero-order valence-electron chi connectivity index (χ0n) is 11.5. The molecule has 2 aliphatic rings. The summed E-state index contributed by atoms with van der Waals surface area (Å²) in [5, 5.41) is 0. The van der Waals surface area contributed by atoms with Gasteiger partial charge in [0.15, 0.2) is 0 Å². The van der Waals surface area contributed by atoms with E-state index in [4.69, 9.17) is 5.73 Å². The van der Waals surface area contributed by atoms with Crippen molar-refractivity contribution in [2.24, 2.45) is 11.8 Å². The minimum Gasteiger partial charge on any atom is -0.397 e. The molecule has 19 heavy (non-hydrogen) atoms. The first-order chi connectivity index (χ1) is 9.16. The van der Waals surface area contributed by atoms with Crippen LogP contribution in [0.2, 0.25) is 0 Å². The molecule has 1 saturated carbocycles. The molecule has 2 heterocycles. The van der Waals surface area contributed by atoms with Gasteiger partial charge < -0.3 is 10.6 Å². The SMILES string of the molecule is Cc1c(N)cnc(N2CCC3CCCCC3C2)c1Br. The second-order valence-corrected chi connectivity index (χ2v) is 6.81. The summed E-state index contributed by atoms with van der Waals surface area (Å²) in [4.78, 5) is 7.00. The molecule has 3 nitrogen and oxygen atoms in total. The monoisotopic (exact) mass is 323 g/mol. The lowest BCUT2D eigenvalue weighted by Crippen LogP contribution is -2.42. The third-order valence-electron chi connectivity index (χ3n) is 4.88. The number of pyridine rings is 1. The highest BCUT2D eigenvalue weighted by atomic mass is 79.9. The van der Waals surface area contributed by atoms with Gasteiger partial charge >= 0.3 is 0 Å². The quantitative estimate of drug-likeness (QED) is 0.855. The fraction of sp³-hybridized carbons (Fsp3) is 0.667. The zero-order valence-corrected chi connectivity index (χ0v) is 13.1. The minimum absolute atomic E-state index is 0.767. The van der Waals surface area contributed by atoms with E-state index in [2.05, 4.69) is 32.7 Å². The summed E-state index contributed by atoms with van der Waals surface area (Å²) in [7, 11) is 0. The van der Waals surface area contributed by atoms with Crippen molar-refractivity contribution in [3.8, 4) is 0 Å². The molecule has 1 aliphatic carbocycles. The largest absolute Gasteiger partial charge is 0.397 e. The normalized spacial score (nSPS) is 27.2. The molecule has 2 atom stereocenters. The number of nitrogens with zero attached hydrogens (tertiary/aromatic N) is 2. The number of piperidine rings is 1. The Balaban J connectivity index is 1.81. The number of rotatable bonds is 1. The lowest BCUT2D eigenvalue weighted by atomic mass is 9.75. The van der Waals surface area contributed by atoms with Crippen molar-refractivity contribution in [3.63, 3.8) is 0 Å². The number of aromatic nitrogens is 1. The molecule has 1 aromatic heterocycles. The highest BCUT2D eigenvalue weighted by Crippen LogP contribution is 2.39. The Kier molecular flexibility index (Phi) is 3.70. The Labute approximate surface area is 123 Å². The predicted octanol–water partition coefficient (Wildman–Crippen LogP) is 3.75. The van der Waals surface area contributed by atoms with Crippen LogP contribution in [0.3, 0.4) is 0 Å². The molecule has 2 N–H and O–H groups in total.